The molecule has 0 amide bonds. The minimum Gasteiger partial charge on any atom is -0.478 e. The first-order chi connectivity index (χ1) is 13.1. The van der Waals surface area contributed by atoms with Crippen molar-refractivity contribution in [3.63, 3.8) is 0 Å². The number of ether oxygens (including phenoxy) is 1. The molecule has 0 saturated carbocycles. The van der Waals surface area contributed by atoms with Gasteiger partial charge in [0, 0.05) is 26.2 Å². The first-order valence-corrected chi connectivity index (χ1v) is 8.24. The van der Waals surface area contributed by atoms with E-state index in [9.17, 15) is 19.8 Å². The second-order valence-corrected chi connectivity index (χ2v) is 6.03. The molecule has 4 aromatic carbocycles. The van der Waals surface area contributed by atoms with Crippen LogP contribution in [0, 0.1) is 0 Å². The summed E-state index contributed by atoms with van der Waals surface area (Å²) in [6.45, 7) is 0. The van der Waals surface area contributed by atoms with Crippen molar-refractivity contribution in [2.75, 3.05) is 0 Å². The molecule has 4 aromatic rings. The fourth-order valence-corrected chi connectivity index (χ4v) is 3.23. The summed E-state index contributed by atoms with van der Waals surface area (Å²) in [4.78, 5) is 23.7. The van der Waals surface area contributed by atoms with E-state index >= 15 is 0 Å². The van der Waals surface area contributed by atoms with Gasteiger partial charge in [-0.25, -0.2) is 9.59 Å². The van der Waals surface area contributed by atoms with E-state index in [1.165, 1.54) is 0 Å². The van der Waals surface area contributed by atoms with Crippen LogP contribution in [0.15, 0.2) is 72.8 Å². The third-order valence-electron chi connectivity index (χ3n) is 4.43. The van der Waals surface area contributed by atoms with E-state index in [4.69, 9.17) is 4.74 Å². The minimum atomic E-state index is -1.14. The number of carbonyl (C=O) groups is 2. The number of aromatic carboxylic acids is 2. The molecule has 0 radical (unpaired) electrons. The Labute approximate surface area is 179 Å². The van der Waals surface area contributed by atoms with Crippen LogP contribution in [-0.2, 0) is 26.2 Å². The molecule has 0 heterocycles. The van der Waals surface area contributed by atoms with Gasteiger partial charge >= 0.3 is 11.9 Å². The Morgan fingerprint density at radius 3 is 1.39 bits per heavy atom. The second kappa shape index (κ2) is 7.95. The van der Waals surface area contributed by atoms with Crippen LogP contribution in [0.25, 0.3) is 21.5 Å². The van der Waals surface area contributed by atoms with Gasteiger partial charge in [-0.2, -0.15) is 0 Å². The summed E-state index contributed by atoms with van der Waals surface area (Å²) in [5.41, 5.74) is -0.00445. The van der Waals surface area contributed by atoms with E-state index < -0.39 is 11.9 Å². The van der Waals surface area contributed by atoms with Gasteiger partial charge in [-0.15, -0.1) is 0 Å². The van der Waals surface area contributed by atoms with Crippen molar-refractivity contribution >= 4 is 33.5 Å². The van der Waals surface area contributed by atoms with Gasteiger partial charge in [0.1, 0.15) is 22.6 Å². The predicted octanol–water partition coefficient (Wildman–Crippen LogP) is 5.18. The molecule has 0 aliphatic rings. The molecular weight excluding hydrogens is 435 g/mol. The number of rotatable bonds is 4. The van der Waals surface area contributed by atoms with E-state index in [0.717, 1.165) is 10.8 Å². The summed E-state index contributed by atoms with van der Waals surface area (Å²) >= 11 is 0. The van der Waals surface area contributed by atoms with Crippen molar-refractivity contribution in [2.45, 2.75) is 0 Å². The zero-order valence-electron chi connectivity index (χ0n) is 14.5. The molecule has 0 atom stereocenters. The van der Waals surface area contributed by atoms with Gasteiger partial charge in [0.25, 0.3) is 0 Å². The summed E-state index contributed by atoms with van der Waals surface area (Å²) in [6.07, 6.45) is 0. The molecule has 0 saturated heterocycles. The van der Waals surface area contributed by atoms with Crippen molar-refractivity contribution < 1.29 is 50.7 Å². The van der Waals surface area contributed by atoms with Crippen molar-refractivity contribution in [3.8, 4) is 11.5 Å². The van der Waals surface area contributed by atoms with Crippen molar-refractivity contribution in [1.82, 2.24) is 0 Å². The molecule has 0 fully saturated rings. The summed E-state index contributed by atoms with van der Waals surface area (Å²) in [7, 11) is 0. The molecule has 4 rings (SSSR count). The molecule has 0 spiro atoms. The van der Waals surface area contributed by atoms with Gasteiger partial charge in [-0.05, 0) is 33.7 Å². The molecule has 0 bridgehead atoms. The topological polar surface area (TPSA) is 83.8 Å². The molecule has 0 aromatic heterocycles. The van der Waals surface area contributed by atoms with Crippen LogP contribution >= 0.6 is 0 Å². The van der Waals surface area contributed by atoms with Crippen LogP contribution in [0.1, 0.15) is 20.7 Å². The van der Waals surface area contributed by atoms with Gasteiger partial charge in [-0.3, -0.25) is 0 Å². The first kappa shape index (κ1) is 19.8. The molecule has 136 valence electrons. The van der Waals surface area contributed by atoms with E-state index in [0.29, 0.717) is 10.8 Å². The number of carboxylic acid groups (broad SMARTS) is 2. The summed E-state index contributed by atoms with van der Waals surface area (Å²) in [5.74, 6) is -2.09. The molecule has 0 aliphatic carbocycles. The summed E-state index contributed by atoms with van der Waals surface area (Å²) in [5, 5.41) is 22.0. The molecule has 6 heteroatoms. The Morgan fingerprint density at radius 2 is 1.00 bits per heavy atom. The molecule has 0 aliphatic heterocycles. The number of hydrogen-bond acceptors (Lipinski definition) is 3. The zero-order valence-corrected chi connectivity index (χ0v) is 17.0. The third kappa shape index (κ3) is 3.43. The number of benzene rings is 4. The van der Waals surface area contributed by atoms with Gasteiger partial charge < -0.3 is 14.9 Å². The van der Waals surface area contributed by atoms with Crippen molar-refractivity contribution in [3.05, 3.63) is 83.9 Å². The monoisotopic (exact) mass is 448 g/mol. The van der Waals surface area contributed by atoms with Crippen LogP contribution < -0.4 is 4.74 Å². The van der Waals surface area contributed by atoms with Crippen LogP contribution in [0.3, 0.4) is 0 Å². The fourth-order valence-electron chi connectivity index (χ4n) is 3.23. The smallest absolute Gasteiger partial charge is 0.340 e. The van der Waals surface area contributed by atoms with Gasteiger partial charge in [0.2, 0.25) is 0 Å². The van der Waals surface area contributed by atoms with Crippen molar-refractivity contribution in [2.24, 2.45) is 0 Å². The predicted molar refractivity (Wildman–Crippen MR) is 102 cm³/mol. The van der Waals surface area contributed by atoms with E-state index in [1.807, 2.05) is 24.3 Å². The largest absolute Gasteiger partial charge is 0.478 e. The average molecular weight is 450 g/mol. The Bertz CT molecular complexity index is 1120. The molecular formula is C22H14O5Zr. The SMILES string of the molecule is O=C(O)c1c(Oc2ccc3ccccc3c2C(=O)O)ccc2ccccc12.[Zr]. The van der Waals surface area contributed by atoms with E-state index in [-0.39, 0.29) is 48.8 Å². The Morgan fingerprint density at radius 1 is 0.607 bits per heavy atom. The van der Waals surface area contributed by atoms with Crippen LogP contribution in [0.2, 0.25) is 0 Å². The zero-order chi connectivity index (χ0) is 19.0. The first-order valence-electron chi connectivity index (χ1n) is 8.24. The number of hydrogen-bond donors (Lipinski definition) is 2. The minimum absolute atomic E-state index is 0. The number of fused-ring (bicyclic) bond motifs is 2. The standard InChI is InChI=1S/C22H14O5.Zr/c23-21(24)19-15-7-3-1-5-13(15)9-11-17(19)27-18-12-10-14-6-2-4-8-16(14)20(18)22(25)26;/h1-12H,(H,23,24)(H,25,26);. The second-order valence-electron chi connectivity index (χ2n) is 6.03. The van der Waals surface area contributed by atoms with Crippen LogP contribution in [0.5, 0.6) is 11.5 Å². The maximum Gasteiger partial charge on any atom is 0.340 e. The Kier molecular flexibility index (Phi) is 5.61. The van der Waals surface area contributed by atoms with Crippen LogP contribution in [-0.4, -0.2) is 22.2 Å². The van der Waals surface area contributed by atoms with Crippen LogP contribution in [0.4, 0.5) is 0 Å². The number of carboxylic acids is 2. The maximum absolute atomic E-state index is 11.9. The summed E-state index contributed by atoms with van der Waals surface area (Å²) < 4.78 is 5.82. The van der Waals surface area contributed by atoms with Gasteiger partial charge in [0.05, 0.1) is 0 Å². The molecule has 5 nitrogen and oxygen atoms in total. The Balaban J connectivity index is 0.00000225. The molecule has 28 heavy (non-hydrogen) atoms. The van der Waals surface area contributed by atoms with E-state index in [1.54, 1.807) is 48.5 Å². The normalized spacial score (nSPS) is 10.4. The fraction of sp³-hybridized carbons (Fsp3) is 0. The quantitative estimate of drug-likeness (QED) is 0.449. The molecule has 0 unspecified atom stereocenters. The van der Waals surface area contributed by atoms with Gasteiger partial charge in [-0.1, -0.05) is 60.7 Å². The van der Waals surface area contributed by atoms with E-state index in [2.05, 4.69) is 0 Å². The third-order valence-corrected chi connectivity index (χ3v) is 4.43. The average Bonchev–Trinajstić information content (AvgIpc) is 2.67. The Hall–Kier alpha value is -2.98. The maximum atomic E-state index is 11.9. The van der Waals surface area contributed by atoms with Crippen molar-refractivity contribution in [1.29, 1.82) is 0 Å². The molecule has 2 N–H and O–H groups in total. The summed E-state index contributed by atoms with van der Waals surface area (Å²) in [6, 6.07) is 20.7. The van der Waals surface area contributed by atoms with Gasteiger partial charge in [0.15, 0.2) is 0 Å².